The van der Waals surface area contributed by atoms with E-state index >= 15 is 0 Å². The minimum absolute atomic E-state index is 0.264. The number of rotatable bonds is 4. The lowest BCUT2D eigenvalue weighted by atomic mass is 10.0. The van der Waals surface area contributed by atoms with E-state index in [1.165, 1.54) is 32.3 Å². The number of halogens is 1. The van der Waals surface area contributed by atoms with Gasteiger partial charge < -0.3 is 4.42 Å². The molecule has 48 heavy (non-hydrogen) atoms. The molecule has 10 rings (SSSR count). The standard InChI is InChI=1S/C43H25FN2OS/c44-29-19-22-39-35(25-29)31-20-17-27(23-40(31)47-39)28-18-21-32-33-12-8-13-34(42(33)48-41(32)24-28)43-45-36-14-5-7-16-38(36)46(43)37-15-6-4-11-30(37)26-9-2-1-3-10-26/h1-25H. The van der Waals surface area contributed by atoms with Crippen molar-refractivity contribution >= 4 is 64.5 Å². The van der Waals surface area contributed by atoms with Crippen LogP contribution in [0.5, 0.6) is 0 Å². The fraction of sp³-hybridized carbons (Fsp3) is 0. The molecule has 3 heterocycles. The summed E-state index contributed by atoms with van der Waals surface area (Å²) < 4.78 is 24.8. The minimum Gasteiger partial charge on any atom is -0.456 e. The molecular weight excluding hydrogens is 612 g/mol. The van der Waals surface area contributed by atoms with E-state index in [-0.39, 0.29) is 5.82 Å². The molecule has 0 aliphatic heterocycles. The summed E-state index contributed by atoms with van der Waals surface area (Å²) in [7, 11) is 0. The molecule has 0 bridgehead atoms. The van der Waals surface area contributed by atoms with Crippen LogP contribution >= 0.6 is 11.3 Å². The number of para-hydroxylation sites is 3. The molecule has 0 N–H and O–H groups in total. The minimum atomic E-state index is -0.264. The third kappa shape index (κ3) is 4.15. The molecule has 3 nitrogen and oxygen atoms in total. The molecule has 226 valence electrons. The Morgan fingerprint density at radius 1 is 0.542 bits per heavy atom. The van der Waals surface area contributed by atoms with Crippen LogP contribution in [0.1, 0.15) is 0 Å². The lowest BCUT2D eigenvalue weighted by Crippen LogP contribution is -2.00. The Bertz CT molecular complexity index is 2860. The number of imidazole rings is 1. The van der Waals surface area contributed by atoms with E-state index in [2.05, 4.69) is 132 Å². The van der Waals surface area contributed by atoms with Crippen LogP contribution in [0.4, 0.5) is 4.39 Å². The Kier molecular flexibility index (Phi) is 5.92. The van der Waals surface area contributed by atoms with E-state index in [0.29, 0.717) is 5.58 Å². The highest BCUT2D eigenvalue weighted by molar-refractivity contribution is 7.26. The molecule has 10 aromatic rings. The monoisotopic (exact) mass is 636 g/mol. The Morgan fingerprint density at radius 2 is 1.31 bits per heavy atom. The van der Waals surface area contributed by atoms with Crippen molar-refractivity contribution in [3.63, 3.8) is 0 Å². The number of aromatic nitrogens is 2. The van der Waals surface area contributed by atoms with E-state index in [1.54, 1.807) is 17.4 Å². The van der Waals surface area contributed by atoms with Crippen molar-refractivity contribution < 1.29 is 8.81 Å². The summed E-state index contributed by atoms with van der Waals surface area (Å²) >= 11 is 1.80. The maximum atomic E-state index is 14.0. The molecular formula is C43H25FN2OS. The van der Waals surface area contributed by atoms with Gasteiger partial charge in [-0.1, -0.05) is 91.0 Å². The SMILES string of the molecule is Fc1ccc2oc3cc(-c4ccc5c(c4)sc4c(-c6nc7ccccc7n6-c6ccccc6-c6ccccc6)cccc45)ccc3c2c1. The van der Waals surface area contributed by atoms with Gasteiger partial charge in [-0.05, 0) is 77.4 Å². The molecule has 0 fully saturated rings. The van der Waals surface area contributed by atoms with E-state index < -0.39 is 0 Å². The zero-order chi connectivity index (χ0) is 31.8. The van der Waals surface area contributed by atoms with Crippen molar-refractivity contribution in [2.75, 3.05) is 0 Å². The fourth-order valence-electron chi connectivity index (χ4n) is 7.06. The van der Waals surface area contributed by atoms with Gasteiger partial charge in [-0.15, -0.1) is 11.3 Å². The van der Waals surface area contributed by atoms with Crippen LogP contribution in [-0.2, 0) is 0 Å². The smallest absolute Gasteiger partial charge is 0.147 e. The summed E-state index contributed by atoms with van der Waals surface area (Å²) in [5.74, 6) is 0.656. The van der Waals surface area contributed by atoms with Crippen molar-refractivity contribution in [1.29, 1.82) is 0 Å². The van der Waals surface area contributed by atoms with Crippen molar-refractivity contribution in [2.24, 2.45) is 0 Å². The highest BCUT2D eigenvalue weighted by atomic mass is 32.1. The lowest BCUT2D eigenvalue weighted by molar-refractivity contribution is 0.626. The molecule has 0 aliphatic carbocycles. The van der Waals surface area contributed by atoms with Crippen molar-refractivity contribution in [1.82, 2.24) is 9.55 Å². The maximum Gasteiger partial charge on any atom is 0.147 e. The summed E-state index contributed by atoms with van der Waals surface area (Å²) in [5, 5.41) is 4.14. The molecule has 5 heteroatoms. The Labute approximate surface area is 278 Å². The Balaban J connectivity index is 1.16. The van der Waals surface area contributed by atoms with Gasteiger partial charge in [-0.25, -0.2) is 9.37 Å². The van der Waals surface area contributed by atoms with Crippen LogP contribution in [0, 0.1) is 5.82 Å². The summed E-state index contributed by atoms with van der Waals surface area (Å²) in [6, 6.07) is 51.5. The fourth-order valence-corrected chi connectivity index (χ4v) is 8.31. The molecule has 0 amide bonds. The van der Waals surface area contributed by atoms with Gasteiger partial charge in [0.05, 0.1) is 16.7 Å². The zero-order valence-electron chi connectivity index (χ0n) is 25.5. The topological polar surface area (TPSA) is 31.0 Å². The maximum absolute atomic E-state index is 14.0. The summed E-state index contributed by atoms with van der Waals surface area (Å²) in [6.07, 6.45) is 0. The summed E-state index contributed by atoms with van der Waals surface area (Å²) in [5.41, 5.74) is 10.1. The van der Waals surface area contributed by atoms with Gasteiger partial charge in [-0.2, -0.15) is 0 Å². The quantitative estimate of drug-likeness (QED) is 0.192. The van der Waals surface area contributed by atoms with Crippen LogP contribution in [0.15, 0.2) is 156 Å². The van der Waals surface area contributed by atoms with Crippen molar-refractivity contribution in [3.8, 4) is 39.3 Å². The van der Waals surface area contributed by atoms with E-state index in [0.717, 1.165) is 66.7 Å². The van der Waals surface area contributed by atoms with E-state index in [9.17, 15) is 4.39 Å². The van der Waals surface area contributed by atoms with Gasteiger partial charge >= 0.3 is 0 Å². The predicted octanol–water partition coefficient (Wildman–Crippen LogP) is 12.4. The number of hydrogen-bond acceptors (Lipinski definition) is 3. The first-order valence-electron chi connectivity index (χ1n) is 15.9. The molecule has 3 aromatic heterocycles. The molecule has 7 aromatic carbocycles. The Hall–Kier alpha value is -6.04. The first kappa shape index (κ1) is 27.1. The molecule has 0 unspecified atom stereocenters. The highest BCUT2D eigenvalue weighted by Gasteiger charge is 2.20. The molecule has 0 atom stereocenters. The normalized spacial score (nSPS) is 11.9. The van der Waals surface area contributed by atoms with Crippen molar-refractivity contribution in [3.05, 3.63) is 157 Å². The van der Waals surface area contributed by atoms with Crippen LogP contribution in [0.2, 0.25) is 0 Å². The second-order valence-electron chi connectivity index (χ2n) is 12.1. The van der Waals surface area contributed by atoms with Gasteiger partial charge in [0, 0.05) is 42.1 Å². The molecule has 0 saturated heterocycles. The third-order valence-electron chi connectivity index (χ3n) is 9.30. The summed E-state index contributed by atoms with van der Waals surface area (Å²) in [6.45, 7) is 0. The van der Waals surface area contributed by atoms with Crippen LogP contribution < -0.4 is 0 Å². The van der Waals surface area contributed by atoms with Gasteiger partial charge in [0.15, 0.2) is 0 Å². The van der Waals surface area contributed by atoms with Crippen LogP contribution in [0.3, 0.4) is 0 Å². The number of hydrogen-bond donors (Lipinski definition) is 0. The highest BCUT2D eigenvalue weighted by Crippen LogP contribution is 2.43. The number of furan rings is 1. The third-order valence-corrected chi connectivity index (χ3v) is 10.5. The first-order chi connectivity index (χ1) is 23.7. The van der Waals surface area contributed by atoms with Gasteiger partial charge in [0.1, 0.15) is 22.8 Å². The molecule has 0 aliphatic rings. The average molecular weight is 637 g/mol. The van der Waals surface area contributed by atoms with Gasteiger partial charge in [0.25, 0.3) is 0 Å². The second kappa shape index (κ2) is 10.5. The van der Waals surface area contributed by atoms with Crippen LogP contribution in [0.25, 0.3) is 92.5 Å². The molecule has 0 spiro atoms. The largest absolute Gasteiger partial charge is 0.456 e. The average Bonchev–Trinajstić information content (AvgIpc) is 3.82. The number of fused-ring (bicyclic) bond motifs is 7. The number of nitrogens with zero attached hydrogens (tertiary/aromatic N) is 2. The summed E-state index contributed by atoms with van der Waals surface area (Å²) in [4.78, 5) is 5.27. The van der Waals surface area contributed by atoms with Crippen molar-refractivity contribution in [2.45, 2.75) is 0 Å². The first-order valence-corrected chi connectivity index (χ1v) is 16.7. The number of benzene rings is 7. The molecule has 0 saturated carbocycles. The molecule has 0 radical (unpaired) electrons. The van der Waals surface area contributed by atoms with Crippen LogP contribution in [-0.4, -0.2) is 9.55 Å². The van der Waals surface area contributed by atoms with E-state index in [4.69, 9.17) is 9.40 Å². The number of thiophene rings is 1. The van der Waals surface area contributed by atoms with E-state index in [1.807, 2.05) is 6.07 Å². The van der Waals surface area contributed by atoms with Gasteiger partial charge in [0.2, 0.25) is 0 Å². The second-order valence-corrected chi connectivity index (χ2v) is 13.1. The zero-order valence-corrected chi connectivity index (χ0v) is 26.3. The lowest BCUT2D eigenvalue weighted by Gasteiger charge is -2.15. The predicted molar refractivity (Wildman–Crippen MR) is 198 cm³/mol. The van der Waals surface area contributed by atoms with Gasteiger partial charge in [-0.3, -0.25) is 4.57 Å². The Morgan fingerprint density at radius 3 is 2.23 bits per heavy atom.